The van der Waals surface area contributed by atoms with Crippen molar-refractivity contribution in [3.05, 3.63) is 140 Å². The van der Waals surface area contributed by atoms with Gasteiger partial charge in [0.1, 0.15) is 90.7 Å². The van der Waals surface area contributed by atoms with Crippen LogP contribution in [0, 0.1) is 0 Å². The molecule has 12 rings (SSSR count). The molecule has 6 aromatic heterocycles. The summed E-state index contributed by atoms with van der Waals surface area (Å²) in [6.45, 7) is 4.01. The smallest absolute Gasteiger partial charge is 0.352 e. The average molecular weight is 1610 g/mol. The molecule has 12 heterocycles. The van der Waals surface area contributed by atoms with E-state index in [1.54, 1.807) is 29.6 Å². The fourth-order valence-corrected chi connectivity index (χ4v) is 17.7. The Hall–Kier alpha value is -10.6. The van der Waals surface area contributed by atoms with E-state index in [9.17, 15) is 72.5 Å². The number of nitrogens with one attached hydrogen (secondary N) is 3. The summed E-state index contributed by atoms with van der Waals surface area (Å²) in [5, 5.41) is 41.3. The normalized spacial score (nSPS) is 19.4. The number of carboxylic acids is 2. The number of oxime groups is 3. The summed E-state index contributed by atoms with van der Waals surface area (Å²) < 4.78 is 19.8. The molecule has 6 aliphatic rings. The number of β-lactam (4-membered cyclic amide) rings is 3. The number of rotatable bonds is 24. The van der Waals surface area contributed by atoms with Crippen LogP contribution in [-0.4, -0.2) is 223 Å². The maximum absolute atomic E-state index is 12.8. The summed E-state index contributed by atoms with van der Waals surface area (Å²) in [6.07, 6.45) is 4.23. The number of aliphatic carboxylic acids is 2. The molecule has 0 spiro atoms. The van der Waals surface area contributed by atoms with E-state index in [4.69, 9.17) is 49.7 Å². The van der Waals surface area contributed by atoms with E-state index in [2.05, 4.69) is 46.4 Å². The molecule has 3 saturated heterocycles. The van der Waals surface area contributed by atoms with Gasteiger partial charge in [-0.2, -0.15) is 0 Å². The maximum atomic E-state index is 12.8. The highest BCUT2D eigenvalue weighted by Gasteiger charge is 2.57. The molecule has 6 aliphatic heterocycles. The molecule has 558 valence electrons. The standard InChI is InChI=1S/2C19H17N5O7S3.C17H19N5O6S2.C6H6O2/c2*1-30-23-11(9-7-34-19(20)21-9)14(25)22-12-15(26)24-13(17(27)28)8(5-32-16(12)24)6-33-18(29)10-3-2-4-31-10;1-7(23)13-9(4-28-8(2)24)5-29-16-12(15(26)22(13)16)20-14(25)11(21-27-3)10-6-30-17(18)19-10;1-5(7)6-3-2-4-8-6/h2*2-4,7,12,16H,5-6H2,1H3,(H2,20,21)(H,22,25)(H,27,28);6,12,16H,4-5H2,1-3H3,(H2,18,19)(H,20,25);2-4H,1H3/b2*23-11-;21-11-;/t3*12-,16-;/m111./s1. The number of nitrogens with zero attached hydrogens (tertiary/aromatic N) is 9. The van der Waals surface area contributed by atoms with Crippen molar-refractivity contribution in [3.8, 4) is 0 Å². The van der Waals surface area contributed by atoms with Gasteiger partial charge in [-0.05, 0) is 47.5 Å². The van der Waals surface area contributed by atoms with Gasteiger partial charge in [0.2, 0.25) is 0 Å². The molecule has 6 aromatic rings. The third-order valence-electron chi connectivity index (χ3n) is 14.7. The number of aromatic nitrogens is 3. The summed E-state index contributed by atoms with van der Waals surface area (Å²) >= 11 is 9.07. The predicted molar refractivity (Wildman–Crippen MR) is 389 cm³/mol. The number of Topliss-reactive ketones (excluding diaryl/α,β-unsaturated/α-hetero) is 2. The Morgan fingerprint density at radius 3 is 1.11 bits per heavy atom. The lowest BCUT2D eigenvalue weighted by atomic mass is 10.0. The highest BCUT2D eigenvalue weighted by atomic mass is 32.2. The first-order chi connectivity index (χ1) is 50.7. The number of ketones is 2. The predicted octanol–water partition coefficient (Wildman–Crippen LogP) is 3.33. The first-order valence-electron chi connectivity index (χ1n) is 30.1. The molecule has 0 radical (unpaired) electrons. The van der Waals surface area contributed by atoms with Crippen LogP contribution < -0.4 is 33.2 Å². The number of carbonyl (C=O) groups excluding carboxylic acids is 11. The van der Waals surface area contributed by atoms with Crippen LogP contribution in [0.15, 0.2) is 134 Å². The van der Waals surface area contributed by atoms with E-state index in [0.717, 1.165) is 67.3 Å². The Kier molecular flexibility index (Phi) is 27.0. The highest BCUT2D eigenvalue weighted by Crippen LogP contribution is 2.44. The average Bonchev–Trinajstić information content (AvgIpc) is 0.779. The number of furan rings is 3. The zero-order chi connectivity index (χ0) is 76.8. The third-order valence-corrected chi connectivity index (χ3v) is 22.7. The zero-order valence-corrected chi connectivity index (χ0v) is 62.2. The zero-order valence-electron chi connectivity index (χ0n) is 55.7. The van der Waals surface area contributed by atoms with Gasteiger partial charge in [0.05, 0.1) is 24.5 Å². The number of thiazole rings is 3. The molecule has 0 saturated carbocycles. The molecule has 3 fully saturated rings. The van der Waals surface area contributed by atoms with Crippen LogP contribution in [-0.2, 0) is 67.2 Å². The highest BCUT2D eigenvalue weighted by molar-refractivity contribution is 8.14. The van der Waals surface area contributed by atoms with E-state index in [-0.39, 0.29) is 130 Å². The van der Waals surface area contributed by atoms with E-state index in [0.29, 0.717) is 28.2 Å². The summed E-state index contributed by atoms with van der Waals surface area (Å²) in [7, 11) is 3.80. The minimum absolute atomic E-state index is 0.0324. The number of hydrogen-bond acceptors (Lipinski definition) is 37. The maximum Gasteiger partial charge on any atom is 0.352 e. The third kappa shape index (κ3) is 18.4. The van der Waals surface area contributed by atoms with Crippen LogP contribution in [0.5, 0.6) is 0 Å². The molecule has 45 heteroatoms. The van der Waals surface area contributed by atoms with Gasteiger partial charge in [0, 0.05) is 71.2 Å². The monoisotopic (exact) mass is 1610 g/mol. The van der Waals surface area contributed by atoms with Crippen molar-refractivity contribution in [3.63, 3.8) is 0 Å². The van der Waals surface area contributed by atoms with Crippen LogP contribution in [0.2, 0.25) is 0 Å². The van der Waals surface area contributed by atoms with Crippen molar-refractivity contribution in [2.24, 2.45) is 15.5 Å². The number of nitrogen functional groups attached to an aromatic ring is 3. The number of allylic oxidation sites excluding steroid dienone is 1. The molecule has 6 atom stereocenters. The lowest BCUT2D eigenvalue weighted by Gasteiger charge is -2.49. The second-order valence-corrected chi connectivity index (χ2v) is 29.5. The van der Waals surface area contributed by atoms with Crippen molar-refractivity contribution in [2.45, 2.75) is 55.0 Å². The number of hydrogen-bond donors (Lipinski definition) is 8. The van der Waals surface area contributed by atoms with Gasteiger partial charge in [-0.15, -0.1) is 69.3 Å². The Labute approximate surface area is 630 Å². The van der Waals surface area contributed by atoms with Crippen LogP contribution >= 0.6 is 92.8 Å². The number of ether oxygens (including phenoxy) is 1. The SMILES string of the molecule is CC(=O)c1ccco1.CO/N=C(\C(=O)N[C@@H]1C(=O)N2C(C(=O)O)=C(CSC(=O)c3ccco3)CS[C@H]12)c1csc(N)n1.CO/N=C(\C(=O)N[C@@H]1C(=O)N2C(C(=O)O)=C(CSC(=O)c3ccco3)CS[C@H]12)c1csc(N)n1.CO/N=C(\C(=O)N[C@@H]1C(=O)N2C(C(C)=O)=C(COC(C)=O)CS[C@H]12)c1csc(N)n1. The number of amides is 6. The minimum Gasteiger partial charge on any atom is -0.477 e. The molecule has 0 unspecified atom stereocenters. The van der Waals surface area contributed by atoms with Crippen LogP contribution in [0.4, 0.5) is 15.4 Å². The van der Waals surface area contributed by atoms with Crippen LogP contribution in [0.1, 0.15) is 69.5 Å². The summed E-state index contributed by atoms with van der Waals surface area (Å²) in [5.41, 5.74) is 18.2. The fraction of sp³-hybridized carbons (Fsp3) is 0.295. The number of thioether (sulfide) groups is 5. The minimum atomic E-state index is -1.29. The van der Waals surface area contributed by atoms with E-state index >= 15 is 0 Å². The van der Waals surface area contributed by atoms with Gasteiger partial charge < -0.3 is 75.9 Å². The number of esters is 1. The van der Waals surface area contributed by atoms with E-state index in [1.165, 1.54) is 124 Å². The van der Waals surface area contributed by atoms with E-state index in [1.807, 2.05) is 0 Å². The number of nitrogens with two attached hydrogens (primary N) is 3. The molecule has 0 aromatic carbocycles. The van der Waals surface area contributed by atoms with Crippen molar-refractivity contribution < 1.29 is 105 Å². The van der Waals surface area contributed by atoms with Crippen molar-refractivity contribution >= 4 is 200 Å². The Morgan fingerprint density at radius 1 is 0.519 bits per heavy atom. The molecule has 37 nitrogen and oxygen atoms in total. The molecule has 11 N–H and O–H groups in total. The number of carbonyl (C=O) groups is 13. The fourth-order valence-electron chi connectivity index (χ4n) is 10.2. The lowest BCUT2D eigenvalue weighted by molar-refractivity contribution is -0.150. The van der Waals surface area contributed by atoms with Crippen molar-refractivity contribution in [1.29, 1.82) is 0 Å². The van der Waals surface area contributed by atoms with E-state index < -0.39 is 87.6 Å². The van der Waals surface area contributed by atoms with Gasteiger partial charge in [0.15, 0.2) is 61.4 Å². The summed E-state index contributed by atoms with van der Waals surface area (Å²) in [5.74, 6) is -5.29. The quantitative estimate of drug-likeness (QED) is 0.0142. The largest absolute Gasteiger partial charge is 0.477 e. The van der Waals surface area contributed by atoms with Gasteiger partial charge in [-0.25, -0.2) is 24.5 Å². The number of fused-ring (bicyclic) bond motifs is 3. The van der Waals surface area contributed by atoms with Gasteiger partial charge in [0.25, 0.3) is 45.7 Å². The summed E-state index contributed by atoms with van der Waals surface area (Å²) in [4.78, 5) is 188. The lowest BCUT2D eigenvalue weighted by Crippen LogP contribution is -2.71. The number of anilines is 3. The molecular formula is C61H59N15O22S8. The number of carboxylic acid groups (broad SMARTS) is 2. The molecule has 6 amide bonds. The molecule has 106 heavy (non-hydrogen) atoms. The Balaban J connectivity index is 0.000000174. The van der Waals surface area contributed by atoms with Crippen LogP contribution in [0.25, 0.3) is 0 Å². The van der Waals surface area contributed by atoms with Gasteiger partial charge in [-0.3, -0.25) is 67.4 Å². The van der Waals surface area contributed by atoms with Gasteiger partial charge in [-0.1, -0.05) is 39.0 Å². The Bertz CT molecular complexity index is 4430. The molecule has 0 bridgehead atoms. The molecule has 0 aliphatic carbocycles. The second kappa shape index (κ2) is 35.9. The van der Waals surface area contributed by atoms with Crippen molar-refractivity contribution in [1.82, 2.24) is 45.6 Å². The molecular weight excluding hydrogens is 1550 g/mol. The van der Waals surface area contributed by atoms with Crippen molar-refractivity contribution in [2.75, 3.05) is 73.9 Å². The topological polar surface area (TPSA) is 538 Å². The van der Waals surface area contributed by atoms with Crippen LogP contribution in [0.3, 0.4) is 0 Å². The first kappa shape index (κ1) is 79.5. The first-order valence-corrected chi connectivity index (χ1v) is 37.9. The Morgan fingerprint density at radius 2 is 0.849 bits per heavy atom. The van der Waals surface area contributed by atoms with Gasteiger partial charge >= 0.3 is 17.9 Å². The second-order valence-electron chi connectivity index (χ2n) is 21.6. The summed E-state index contributed by atoms with van der Waals surface area (Å²) in [6, 6.07) is 6.73.